The second-order valence-corrected chi connectivity index (χ2v) is 34.9. The highest BCUT2D eigenvalue weighted by Gasteiger charge is 2.27. The van der Waals surface area contributed by atoms with Crippen LogP contribution in [0.2, 0.25) is 0 Å². The minimum Gasteiger partial charge on any atom is -0.492 e. The van der Waals surface area contributed by atoms with E-state index in [2.05, 4.69) is 9.97 Å². The zero-order chi connectivity index (χ0) is 73.2. The lowest BCUT2D eigenvalue weighted by Gasteiger charge is -2.15. The Bertz CT molecular complexity index is 5160. The maximum atomic E-state index is 14.0. The number of fused-ring (bicyclic) bond motifs is 8. The van der Waals surface area contributed by atoms with Crippen LogP contribution in [0.1, 0.15) is 67.3 Å². The van der Waals surface area contributed by atoms with Crippen molar-refractivity contribution in [2.24, 2.45) is 0 Å². The van der Waals surface area contributed by atoms with Crippen molar-refractivity contribution in [2.45, 2.75) is 75.0 Å². The fourth-order valence-corrected chi connectivity index (χ4v) is 18.6. The molecule has 2 aliphatic rings. The Hall–Kier alpha value is -10.6. The van der Waals surface area contributed by atoms with Crippen molar-refractivity contribution in [3.05, 3.63) is 261 Å². The minimum atomic E-state index is -3.80. The van der Waals surface area contributed by atoms with E-state index in [0.29, 0.717) is 112 Å². The third-order valence-corrected chi connectivity index (χ3v) is 24.7. The first-order valence-electron chi connectivity index (χ1n) is 34.1. The van der Waals surface area contributed by atoms with Crippen molar-refractivity contribution in [3.63, 3.8) is 0 Å². The third-order valence-electron chi connectivity index (χ3n) is 18.0. The molecule has 0 fully saturated rings. The van der Waals surface area contributed by atoms with Crippen molar-refractivity contribution in [2.75, 3.05) is 49.4 Å². The molecule has 0 saturated heterocycles. The summed E-state index contributed by atoms with van der Waals surface area (Å²) in [4.78, 5) is 19.4. The number of ether oxygens (including phenoxy) is 4. The predicted molar refractivity (Wildman–Crippen MR) is 414 cm³/mol. The van der Waals surface area contributed by atoms with Crippen LogP contribution < -0.4 is 18.9 Å². The van der Waals surface area contributed by atoms with E-state index in [0.717, 1.165) is 44.5 Å². The standard InChI is InChI=1S/C84H78N4O12S4/c1-53-41-54(2)46-61(45-53)101(89,90)37-33-97-77-21-13-9-17-65(77)81-69-25-27-71(85-69)82(66-18-10-14-22-78(66)98-34-38-102(91,92)62-47-55(3)42-56(4)48-62)73-29-31-75(87-73)84(68-20-12-16-24-80(68)100-36-40-104(95,96)64-51-59(7)44-60(8)52-64)76-32-30-74(88-76)83(72-28-26-70(81)86-72)67-19-11-15-23-79(67)99-35-39-103(93,94)63-49-57(5)43-58(6)50-63/h9-32,41-52,85,88H,33-40H2,1-8H3. The smallest absolute Gasteiger partial charge is 0.181 e. The highest BCUT2D eigenvalue weighted by Crippen LogP contribution is 2.45. The molecule has 0 radical (unpaired) electrons. The highest BCUT2D eigenvalue weighted by molar-refractivity contribution is 7.92. The molecule has 0 amide bonds. The zero-order valence-corrected chi connectivity index (χ0v) is 62.1. The van der Waals surface area contributed by atoms with Crippen LogP contribution >= 0.6 is 0 Å². The zero-order valence-electron chi connectivity index (χ0n) is 58.9. The second-order valence-electron chi connectivity index (χ2n) is 26.5. The van der Waals surface area contributed by atoms with Gasteiger partial charge in [0.1, 0.15) is 49.4 Å². The van der Waals surface area contributed by atoms with Gasteiger partial charge in [0.2, 0.25) is 0 Å². The predicted octanol–water partition coefficient (Wildman–Crippen LogP) is 17.2. The van der Waals surface area contributed by atoms with Gasteiger partial charge >= 0.3 is 0 Å². The van der Waals surface area contributed by atoms with Gasteiger partial charge in [0, 0.05) is 66.6 Å². The van der Waals surface area contributed by atoms with E-state index in [1.54, 1.807) is 72.8 Å². The molecule has 530 valence electrons. The van der Waals surface area contributed by atoms with Gasteiger partial charge in [0.25, 0.3) is 0 Å². The summed E-state index contributed by atoms with van der Waals surface area (Å²) in [7, 11) is -15.2. The number of benzene rings is 8. The van der Waals surface area contributed by atoms with Gasteiger partial charge in [-0.25, -0.2) is 43.6 Å². The number of rotatable bonds is 24. The summed E-state index contributed by atoms with van der Waals surface area (Å²) in [6.45, 7) is 14.1. The van der Waals surface area contributed by atoms with Gasteiger partial charge in [-0.2, -0.15) is 0 Å². The largest absolute Gasteiger partial charge is 0.492 e. The molecule has 16 nitrogen and oxygen atoms in total. The quantitative estimate of drug-likeness (QED) is 0.0573. The second kappa shape index (κ2) is 29.6. The number of aromatic nitrogens is 4. The molecule has 2 aliphatic heterocycles. The number of nitrogens with zero attached hydrogens (tertiary/aromatic N) is 2. The fraction of sp³-hybridized carbons (Fsp3) is 0.190. The van der Waals surface area contributed by atoms with Crippen LogP contribution in [0.25, 0.3) is 90.9 Å². The molecule has 0 spiro atoms. The maximum Gasteiger partial charge on any atom is 0.181 e. The van der Waals surface area contributed by atoms with Gasteiger partial charge in [0.15, 0.2) is 39.3 Å². The van der Waals surface area contributed by atoms with Crippen LogP contribution in [0.4, 0.5) is 0 Å². The Balaban J connectivity index is 1.03. The maximum absolute atomic E-state index is 14.0. The van der Waals surface area contributed by atoms with Crippen LogP contribution in [0, 0.1) is 55.4 Å². The lowest BCUT2D eigenvalue weighted by Crippen LogP contribution is -2.15. The molecule has 2 N–H and O–H groups in total. The number of H-pyrrole nitrogens is 2. The average Bonchev–Trinajstić information content (AvgIpc) is 1.61. The minimum absolute atomic E-state index is 0.192. The first kappa shape index (κ1) is 71.7. The highest BCUT2D eigenvalue weighted by atomic mass is 32.2. The molecule has 0 unspecified atom stereocenters. The van der Waals surface area contributed by atoms with Gasteiger partial charge in [-0.1, -0.05) is 97.1 Å². The van der Waals surface area contributed by atoms with Crippen LogP contribution in [0.15, 0.2) is 214 Å². The molecule has 0 saturated carbocycles. The number of hydrogen-bond donors (Lipinski definition) is 2. The molecule has 5 heterocycles. The van der Waals surface area contributed by atoms with Crippen LogP contribution in [0.3, 0.4) is 0 Å². The van der Waals surface area contributed by atoms with Crippen LogP contribution in [-0.2, 0) is 39.3 Å². The number of nitrogens with one attached hydrogen (secondary N) is 2. The molecule has 20 heteroatoms. The molecular formula is C84H78N4O12S4. The molecule has 0 aliphatic carbocycles. The Morgan fingerprint density at radius 1 is 0.269 bits per heavy atom. The summed E-state index contributed by atoms with van der Waals surface area (Å²) in [5, 5.41) is 0. The van der Waals surface area contributed by atoms with Crippen molar-refractivity contribution < 1.29 is 52.6 Å². The molecule has 8 bridgehead atoms. The summed E-state index contributed by atoms with van der Waals surface area (Å²) < 4.78 is 138. The molecular weight excluding hydrogens is 1390 g/mol. The van der Waals surface area contributed by atoms with E-state index >= 15 is 0 Å². The Morgan fingerprint density at radius 3 is 0.663 bits per heavy atom. The lowest BCUT2D eigenvalue weighted by molar-refractivity contribution is 0.342. The Kier molecular flexibility index (Phi) is 20.4. The first-order valence-corrected chi connectivity index (χ1v) is 40.7. The normalized spacial score (nSPS) is 12.4. The molecule has 11 aromatic rings. The van der Waals surface area contributed by atoms with Crippen LogP contribution in [-0.4, -0.2) is 103 Å². The van der Waals surface area contributed by atoms with E-state index in [1.165, 1.54) is 0 Å². The fourth-order valence-electron chi connectivity index (χ4n) is 13.5. The van der Waals surface area contributed by atoms with Crippen molar-refractivity contribution >= 4 is 85.7 Å². The summed E-state index contributed by atoms with van der Waals surface area (Å²) >= 11 is 0. The molecule has 104 heavy (non-hydrogen) atoms. The monoisotopic (exact) mass is 1460 g/mol. The van der Waals surface area contributed by atoms with E-state index in [9.17, 15) is 33.7 Å². The van der Waals surface area contributed by atoms with E-state index in [4.69, 9.17) is 28.9 Å². The molecule has 8 aromatic carbocycles. The average molecular weight is 1460 g/mol. The van der Waals surface area contributed by atoms with Crippen LogP contribution in [0.5, 0.6) is 23.0 Å². The summed E-state index contributed by atoms with van der Waals surface area (Å²) in [5.74, 6) is 0.223. The van der Waals surface area contributed by atoms with Crippen molar-refractivity contribution in [3.8, 4) is 67.5 Å². The Labute approximate surface area is 607 Å². The van der Waals surface area contributed by atoms with Gasteiger partial charge in [-0.05, 0) is 221 Å². The number of hydrogen-bond acceptors (Lipinski definition) is 14. The van der Waals surface area contributed by atoms with Gasteiger partial charge in [-0.15, -0.1) is 0 Å². The molecule has 0 atom stereocenters. The van der Waals surface area contributed by atoms with E-state index in [1.807, 2.05) is 201 Å². The van der Waals surface area contributed by atoms with Gasteiger partial charge < -0.3 is 28.9 Å². The third kappa shape index (κ3) is 15.8. The Morgan fingerprint density at radius 2 is 0.462 bits per heavy atom. The van der Waals surface area contributed by atoms with E-state index in [-0.39, 0.29) is 69.0 Å². The van der Waals surface area contributed by atoms with Crippen molar-refractivity contribution in [1.29, 1.82) is 0 Å². The topological polar surface area (TPSA) is 231 Å². The number of aryl methyl sites for hydroxylation is 8. The van der Waals surface area contributed by atoms with Gasteiger partial charge in [-0.3, -0.25) is 0 Å². The number of sulfone groups is 4. The molecule has 3 aromatic heterocycles. The first-order chi connectivity index (χ1) is 49.7. The lowest BCUT2D eigenvalue weighted by atomic mass is 10.0. The van der Waals surface area contributed by atoms with Crippen molar-refractivity contribution in [1.82, 2.24) is 19.9 Å². The number of para-hydroxylation sites is 4. The number of aromatic amines is 2. The summed E-state index contributed by atoms with van der Waals surface area (Å²) in [6.07, 6.45) is 7.57. The summed E-state index contributed by atoms with van der Waals surface area (Å²) in [6, 6.07) is 58.1. The van der Waals surface area contributed by atoms with Gasteiger partial charge in [0.05, 0.1) is 65.4 Å². The SMILES string of the molecule is Cc1cc(C)cc(S(=O)(=O)CCOc2ccccc2-c2c3nc(c(-c4ccccc4OCCS(=O)(=O)c4cc(C)cc(C)c4)c4ccc([nH]4)c(-c4ccccc4OCCS(=O)(=O)c4cc(C)cc(C)c4)c4nc(c(-c5ccccc5OCCS(=O)(=O)c5cc(C)cc(C)c5)c5ccc2[nH]5)C=C4)C=C3)c1. The molecule has 13 rings (SSSR count). The van der Waals surface area contributed by atoms with E-state index < -0.39 is 39.3 Å². The summed E-state index contributed by atoms with van der Waals surface area (Å²) in [5.41, 5.74) is 15.3.